The average molecular weight is 261 g/mol. The summed E-state index contributed by atoms with van der Waals surface area (Å²) in [4.78, 5) is 27.3. The Kier molecular flexibility index (Phi) is 2.59. The maximum Gasteiger partial charge on any atom is 0.259 e. The van der Waals surface area contributed by atoms with Crippen molar-refractivity contribution in [2.75, 3.05) is 11.1 Å². The largest absolute Gasteiger partial charge is 0.335 e. The second-order valence-electron chi connectivity index (χ2n) is 4.26. The van der Waals surface area contributed by atoms with Crippen molar-refractivity contribution in [1.82, 2.24) is 5.32 Å². The number of hydrogen-bond acceptors (Lipinski definition) is 5. The SMILES string of the molecule is CC1CSC(Nc2ccc3c(c2)C(=O)NC3=O)=N1. The second kappa shape index (κ2) is 4.13. The van der Waals surface area contributed by atoms with Crippen molar-refractivity contribution >= 4 is 34.4 Å². The molecular weight excluding hydrogens is 250 g/mol. The summed E-state index contributed by atoms with van der Waals surface area (Å²) in [7, 11) is 0. The molecule has 1 atom stereocenters. The monoisotopic (exact) mass is 261 g/mol. The van der Waals surface area contributed by atoms with Gasteiger partial charge in [0.05, 0.1) is 17.2 Å². The second-order valence-corrected chi connectivity index (χ2v) is 5.27. The number of amidine groups is 1. The fourth-order valence-corrected chi connectivity index (χ4v) is 2.83. The van der Waals surface area contributed by atoms with Crippen LogP contribution in [-0.4, -0.2) is 28.8 Å². The zero-order chi connectivity index (χ0) is 12.7. The minimum absolute atomic E-state index is 0.316. The highest BCUT2D eigenvalue weighted by molar-refractivity contribution is 8.14. The average Bonchev–Trinajstić information content (AvgIpc) is 2.85. The van der Waals surface area contributed by atoms with Crippen LogP contribution >= 0.6 is 11.8 Å². The normalized spacial score (nSPS) is 21.6. The van der Waals surface area contributed by atoms with Gasteiger partial charge in [-0.05, 0) is 25.1 Å². The first-order chi connectivity index (χ1) is 8.63. The van der Waals surface area contributed by atoms with E-state index in [0.717, 1.165) is 16.6 Å². The molecule has 5 nitrogen and oxygen atoms in total. The summed E-state index contributed by atoms with van der Waals surface area (Å²) in [6.45, 7) is 2.05. The van der Waals surface area contributed by atoms with Crippen LogP contribution in [0.4, 0.5) is 5.69 Å². The van der Waals surface area contributed by atoms with Gasteiger partial charge in [-0.3, -0.25) is 19.9 Å². The number of imide groups is 1. The molecule has 0 fully saturated rings. The maximum absolute atomic E-state index is 11.5. The lowest BCUT2D eigenvalue weighted by Gasteiger charge is -2.05. The first-order valence-electron chi connectivity index (χ1n) is 5.61. The van der Waals surface area contributed by atoms with Crippen LogP contribution in [0.3, 0.4) is 0 Å². The molecule has 2 aliphatic heterocycles. The maximum atomic E-state index is 11.5. The molecule has 6 heteroatoms. The van der Waals surface area contributed by atoms with Crippen LogP contribution in [0.2, 0.25) is 0 Å². The summed E-state index contributed by atoms with van der Waals surface area (Å²) < 4.78 is 0. The number of fused-ring (bicyclic) bond motifs is 1. The van der Waals surface area contributed by atoms with Gasteiger partial charge in [0.15, 0.2) is 5.17 Å². The molecule has 2 aliphatic rings. The van der Waals surface area contributed by atoms with Gasteiger partial charge in [0.2, 0.25) is 0 Å². The van der Waals surface area contributed by atoms with E-state index in [1.54, 1.807) is 30.0 Å². The predicted molar refractivity (Wildman–Crippen MR) is 71.2 cm³/mol. The van der Waals surface area contributed by atoms with Gasteiger partial charge in [0, 0.05) is 11.4 Å². The van der Waals surface area contributed by atoms with Gasteiger partial charge in [-0.1, -0.05) is 11.8 Å². The van der Waals surface area contributed by atoms with Crippen LogP contribution < -0.4 is 10.6 Å². The third kappa shape index (κ3) is 1.88. The number of thioether (sulfide) groups is 1. The number of hydrogen-bond donors (Lipinski definition) is 2. The van der Waals surface area contributed by atoms with Gasteiger partial charge >= 0.3 is 0 Å². The third-order valence-corrected chi connectivity index (χ3v) is 3.92. The Labute approximate surface area is 108 Å². The van der Waals surface area contributed by atoms with E-state index in [-0.39, 0.29) is 11.8 Å². The number of carbonyl (C=O) groups excluding carboxylic acids is 2. The van der Waals surface area contributed by atoms with Crippen LogP contribution in [-0.2, 0) is 0 Å². The van der Waals surface area contributed by atoms with E-state index in [2.05, 4.69) is 22.5 Å². The van der Waals surface area contributed by atoms with Gasteiger partial charge in [0.25, 0.3) is 11.8 Å². The Morgan fingerprint density at radius 1 is 1.33 bits per heavy atom. The number of carbonyl (C=O) groups is 2. The van der Waals surface area contributed by atoms with Crippen molar-refractivity contribution in [2.24, 2.45) is 4.99 Å². The lowest BCUT2D eigenvalue weighted by Crippen LogP contribution is -2.19. The summed E-state index contributed by atoms with van der Waals surface area (Å²) >= 11 is 1.65. The van der Waals surface area contributed by atoms with E-state index in [1.807, 2.05) is 0 Å². The number of aliphatic imine (C=N–C) groups is 1. The highest BCUT2D eigenvalue weighted by Gasteiger charge is 2.26. The van der Waals surface area contributed by atoms with Crippen molar-refractivity contribution in [1.29, 1.82) is 0 Å². The minimum Gasteiger partial charge on any atom is -0.335 e. The summed E-state index contributed by atoms with van der Waals surface area (Å²) in [5.74, 6) is 0.294. The molecule has 1 aromatic carbocycles. The molecular formula is C12H11N3O2S. The Balaban J connectivity index is 1.87. The molecule has 0 spiro atoms. The Hall–Kier alpha value is -1.82. The van der Waals surface area contributed by atoms with Gasteiger partial charge in [-0.25, -0.2) is 0 Å². The molecule has 0 aromatic heterocycles. The first kappa shape index (κ1) is 11.3. The molecule has 3 rings (SSSR count). The van der Waals surface area contributed by atoms with E-state index < -0.39 is 0 Å². The Bertz CT molecular complexity index is 583. The van der Waals surface area contributed by atoms with Crippen LogP contribution in [0.25, 0.3) is 0 Å². The topological polar surface area (TPSA) is 70.6 Å². The Morgan fingerprint density at radius 2 is 2.11 bits per heavy atom. The summed E-state index contributed by atoms with van der Waals surface area (Å²) in [6.07, 6.45) is 0. The molecule has 1 unspecified atom stereocenters. The minimum atomic E-state index is -0.340. The van der Waals surface area contributed by atoms with Crippen LogP contribution in [0, 0.1) is 0 Å². The van der Waals surface area contributed by atoms with Crippen molar-refractivity contribution in [3.8, 4) is 0 Å². The molecule has 92 valence electrons. The fraction of sp³-hybridized carbons (Fsp3) is 0.250. The molecule has 0 aliphatic carbocycles. The lowest BCUT2D eigenvalue weighted by molar-refractivity contribution is 0.0879. The van der Waals surface area contributed by atoms with Crippen molar-refractivity contribution in [3.05, 3.63) is 29.3 Å². The van der Waals surface area contributed by atoms with E-state index >= 15 is 0 Å². The highest BCUT2D eigenvalue weighted by atomic mass is 32.2. The molecule has 2 N–H and O–H groups in total. The first-order valence-corrected chi connectivity index (χ1v) is 6.59. The fourth-order valence-electron chi connectivity index (χ4n) is 1.91. The van der Waals surface area contributed by atoms with Gasteiger partial charge < -0.3 is 5.32 Å². The zero-order valence-electron chi connectivity index (χ0n) is 9.69. The molecule has 1 aromatic rings. The Morgan fingerprint density at radius 3 is 2.83 bits per heavy atom. The van der Waals surface area contributed by atoms with Crippen molar-refractivity contribution < 1.29 is 9.59 Å². The standard InChI is InChI=1S/C12H11N3O2S/c1-6-5-18-12(13-6)14-7-2-3-8-9(4-7)11(17)15-10(8)16/h2-4,6H,5H2,1H3,(H,13,14)(H,15,16,17). The molecule has 0 bridgehead atoms. The molecule has 0 saturated heterocycles. The van der Waals surface area contributed by atoms with Crippen LogP contribution in [0.1, 0.15) is 27.6 Å². The lowest BCUT2D eigenvalue weighted by atomic mass is 10.1. The van der Waals surface area contributed by atoms with Crippen molar-refractivity contribution in [3.63, 3.8) is 0 Å². The van der Waals surface area contributed by atoms with Gasteiger partial charge in [-0.15, -0.1) is 0 Å². The summed E-state index contributed by atoms with van der Waals surface area (Å²) in [5.41, 5.74) is 1.63. The van der Waals surface area contributed by atoms with E-state index in [0.29, 0.717) is 17.2 Å². The van der Waals surface area contributed by atoms with Gasteiger partial charge in [0.1, 0.15) is 0 Å². The number of benzene rings is 1. The number of nitrogens with zero attached hydrogens (tertiary/aromatic N) is 1. The van der Waals surface area contributed by atoms with E-state index in [9.17, 15) is 9.59 Å². The number of nitrogens with one attached hydrogen (secondary N) is 2. The smallest absolute Gasteiger partial charge is 0.259 e. The number of amides is 2. The van der Waals surface area contributed by atoms with Crippen LogP contribution in [0.5, 0.6) is 0 Å². The highest BCUT2D eigenvalue weighted by Crippen LogP contribution is 2.23. The quantitative estimate of drug-likeness (QED) is 0.751. The zero-order valence-corrected chi connectivity index (χ0v) is 10.5. The summed E-state index contributed by atoms with van der Waals surface area (Å²) in [6, 6.07) is 5.43. The number of anilines is 1. The third-order valence-electron chi connectivity index (χ3n) is 2.79. The molecule has 0 radical (unpaired) electrons. The molecule has 18 heavy (non-hydrogen) atoms. The molecule has 2 amide bonds. The molecule has 0 saturated carbocycles. The van der Waals surface area contributed by atoms with Crippen LogP contribution in [0.15, 0.2) is 23.2 Å². The van der Waals surface area contributed by atoms with Crippen molar-refractivity contribution in [2.45, 2.75) is 13.0 Å². The van der Waals surface area contributed by atoms with E-state index in [1.165, 1.54) is 0 Å². The van der Waals surface area contributed by atoms with E-state index in [4.69, 9.17) is 0 Å². The predicted octanol–water partition coefficient (Wildman–Crippen LogP) is 1.47. The summed E-state index contributed by atoms with van der Waals surface area (Å²) in [5, 5.41) is 6.28. The number of rotatable bonds is 1. The molecule has 2 heterocycles. The van der Waals surface area contributed by atoms with Gasteiger partial charge in [-0.2, -0.15) is 0 Å².